The molecule has 1 amide bonds. The van der Waals surface area contributed by atoms with Crippen molar-refractivity contribution >= 4 is 81.7 Å². The third-order valence-electron chi connectivity index (χ3n) is 3.95. The highest BCUT2D eigenvalue weighted by atomic mass is 80.0. The Morgan fingerprint density at radius 1 is 0.852 bits per heavy atom. The molecule has 0 spiro atoms. The van der Waals surface area contributed by atoms with Gasteiger partial charge in [-0.15, -0.1) is 0 Å². The van der Waals surface area contributed by atoms with Gasteiger partial charge in [0, 0.05) is 11.1 Å². The zero-order valence-corrected chi connectivity index (χ0v) is 19.5. The molecular weight excluding hydrogens is 556 g/mol. The monoisotopic (exact) mass is 568 g/mol. The highest BCUT2D eigenvalue weighted by Crippen LogP contribution is 2.36. The van der Waals surface area contributed by atoms with E-state index in [0.717, 1.165) is 16.3 Å². The van der Waals surface area contributed by atoms with Crippen molar-refractivity contribution in [1.82, 2.24) is 10.6 Å². The van der Waals surface area contributed by atoms with E-state index in [4.69, 9.17) is 12.2 Å². The van der Waals surface area contributed by atoms with Crippen molar-refractivity contribution in [2.75, 3.05) is 0 Å². The lowest BCUT2D eigenvalue weighted by Crippen LogP contribution is -2.54. The van der Waals surface area contributed by atoms with Crippen molar-refractivity contribution in [2.45, 2.75) is 8.31 Å². The van der Waals surface area contributed by atoms with Crippen LogP contribution < -0.4 is 10.6 Å². The van der Waals surface area contributed by atoms with Gasteiger partial charge >= 0.3 is 0 Å². The molecule has 0 saturated carbocycles. The van der Waals surface area contributed by atoms with Crippen LogP contribution in [-0.2, 0) is 0 Å². The maximum absolute atomic E-state index is 12.6. The van der Waals surface area contributed by atoms with Gasteiger partial charge in [-0.2, -0.15) is 0 Å². The van der Waals surface area contributed by atoms with Crippen molar-refractivity contribution < 1.29 is 4.79 Å². The molecule has 0 aromatic heterocycles. The summed E-state index contributed by atoms with van der Waals surface area (Å²) in [7, 11) is 0. The molecule has 0 aliphatic heterocycles. The van der Waals surface area contributed by atoms with E-state index in [0.29, 0.717) is 10.6 Å². The van der Waals surface area contributed by atoms with Crippen LogP contribution >= 0.6 is 60.0 Å². The maximum Gasteiger partial charge on any atom is 0.252 e. The molecule has 1 atom stereocenters. The maximum atomic E-state index is 12.6. The number of hydrogen-bond donors (Lipinski definition) is 2. The summed E-state index contributed by atoms with van der Waals surface area (Å²) < 4.78 is -0.786. The molecular formula is C20H15Br3N2OS. The molecule has 3 aromatic rings. The second-order valence-corrected chi connectivity index (χ2v) is 13.2. The smallest absolute Gasteiger partial charge is 0.252 e. The third-order valence-corrected chi connectivity index (χ3v) is 5.66. The fourth-order valence-electron chi connectivity index (χ4n) is 2.64. The number of fused-ring (bicyclic) bond motifs is 1. The van der Waals surface area contributed by atoms with Gasteiger partial charge in [-0.1, -0.05) is 121 Å². The first-order valence-corrected chi connectivity index (χ1v) is 10.9. The summed E-state index contributed by atoms with van der Waals surface area (Å²) in [4.78, 5) is 13.1. The summed E-state index contributed by atoms with van der Waals surface area (Å²) in [6.45, 7) is 0. The van der Waals surface area contributed by atoms with Crippen molar-refractivity contribution in [3.63, 3.8) is 0 Å². The van der Waals surface area contributed by atoms with Gasteiger partial charge in [-0.25, -0.2) is 0 Å². The zero-order valence-electron chi connectivity index (χ0n) is 14.0. The van der Waals surface area contributed by atoms with E-state index in [9.17, 15) is 4.79 Å². The van der Waals surface area contributed by atoms with E-state index >= 15 is 0 Å². The number of alkyl halides is 3. The molecule has 2 N–H and O–H groups in total. The average Bonchev–Trinajstić information content (AvgIpc) is 2.66. The second kappa shape index (κ2) is 8.82. The van der Waals surface area contributed by atoms with E-state index in [1.165, 1.54) is 0 Å². The number of thiocarbonyl (C=S) groups is 1. The number of carbonyl (C=O) groups excluding carboxylic acids is 1. The van der Waals surface area contributed by atoms with E-state index in [1.54, 1.807) is 12.1 Å². The van der Waals surface area contributed by atoms with Gasteiger partial charge in [0.2, 0.25) is 0 Å². The Morgan fingerprint density at radius 2 is 1.48 bits per heavy atom. The lowest BCUT2D eigenvalue weighted by molar-refractivity contribution is 0.0936. The largest absolute Gasteiger partial charge is 0.353 e. The van der Waals surface area contributed by atoms with Crippen LogP contribution in [0.3, 0.4) is 0 Å². The molecule has 0 radical (unpaired) electrons. The first-order chi connectivity index (χ1) is 12.9. The Balaban J connectivity index is 1.84. The van der Waals surface area contributed by atoms with Gasteiger partial charge in [0.25, 0.3) is 5.91 Å². The van der Waals surface area contributed by atoms with Crippen LogP contribution in [0.15, 0.2) is 72.8 Å². The van der Waals surface area contributed by atoms with E-state index < -0.39 is 8.31 Å². The normalized spacial score (nSPS) is 12.4. The van der Waals surface area contributed by atoms with Gasteiger partial charge in [0.05, 0.1) is 0 Å². The minimum atomic E-state index is -0.786. The molecule has 27 heavy (non-hydrogen) atoms. The van der Waals surface area contributed by atoms with Crippen LogP contribution in [0.5, 0.6) is 0 Å². The zero-order chi connectivity index (χ0) is 19.4. The molecule has 7 heteroatoms. The number of rotatable bonds is 4. The molecule has 3 nitrogen and oxygen atoms in total. The lowest BCUT2D eigenvalue weighted by atomic mass is 10.0. The molecule has 0 unspecified atom stereocenters. The number of nitrogens with one attached hydrogen (secondary N) is 2. The Bertz CT molecular complexity index is 968. The molecule has 0 aliphatic carbocycles. The lowest BCUT2D eigenvalue weighted by Gasteiger charge is -2.29. The molecule has 0 fully saturated rings. The van der Waals surface area contributed by atoms with Crippen molar-refractivity contribution in [2.24, 2.45) is 0 Å². The summed E-state index contributed by atoms with van der Waals surface area (Å²) in [5.41, 5.74) is 1.47. The Morgan fingerprint density at radius 3 is 2.19 bits per heavy atom. The number of halogens is 3. The van der Waals surface area contributed by atoms with Crippen LogP contribution in [0.4, 0.5) is 0 Å². The van der Waals surface area contributed by atoms with Gasteiger partial charge in [0.15, 0.2) is 2.14 Å². The van der Waals surface area contributed by atoms with Crippen LogP contribution in [0.25, 0.3) is 10.8 Å². The Hall–Kier alpha value is -1.28. The first kappa shape index (κ1) is 20.5. The van der Waals surface area contributed by atoms with E-state index in [-0.39, 0.29) is 5.91 Å². The van der Waals surface area contributed by atoms with E-state index in [1.807, 2.05) is 60.7 Å². The Kier molecular flexibility index (Phi) is 6.68. The van der Waals surface area contributed by atoms with Crippen LogP contribution in [0.2, 0.25) is 0 Å². The summed E-state index contributed by atoms with van der Waals surface area (Å²) >= 11 is 16.1. The number of carbonyl (C=O) groups is 1. The highest BCUT2D eigenvalue weighted by Gasteiger charge is 2.33. The predicted molar refractivity (Wildman–Crippen MR) is 126 cm³/mol. The number of amides is 1. The van der Waals surface area contributed by atoms with Gasteiger partial charge < -0.3 is 10.6 Å². The fourth-order valence-corrected chi connectivity index (χ4v) is 3.62. The van der Waals surface area contributed by atoms with Crippen LogP contribution in [0, 0.1) is 0 Å². The van der Waals surface area contributed by atoms with Crippen molar-refractivity contribution in [1.29, 1.82) is 0 Å². The van der Waals surface area contributed by atoms with Gasteiger partial charge in [-0.05, 0) is 22.9 Å². The van der Waals surface area contributed by atoms with Crippen molar-refractivity contribution in [3.05, 3.63) is 83.9 Å². The Labute approximate surface area is 188 Å². The van der Waals surface area contributed by atoms with E-state index in [2.05, 4.69) is 58.4 Å². The summed E-state index contributed by atoms with van der Waals surface area (Å²) in [5.74, 6) is -0.212. The first-order valence-electron chi connectivity index (χ1n) is 8.07. The average molecular weight is 571 g/mol. The van der Waals surface area contributed by atoms with Gasteiger partial charge in [0.1, 0.15) is 11.2 Å². The van der Waals surface area contributed by atoms with Crippen LogP contribution in [-0.4, -0.2) is 19.2 Å². The molecule has 3 aromatic carbocycles. The molecule has 0 aliphatic rings. The quantitative estimate of drug-likeness (QED) is 0.240. The summed E-state index contributed by atoms with van der Waals surface area (Å²) in [6, 6.07) is 23.0. The second-order valence-electron chi connectivity index (χ2n) is 5.81. The molecule has 0 bridgehead atoms. The van der Waals surface area contributed by atoms with Crippen molar-refractivity contribution in [3.8, 4) is 0 Å². The molecule has 0 heterocycles. The molecule has 3 rings (SSSR count). The minimum absolute atomic E-state index is 0.212. The fraction of sp³-hybridized carbons (Fsp3) is 0.100. The highest BCUT2D eigenvalue weighted by molar-refractivity contribution is 9.39. The molecule has 138 valence electrons. The number of hydrogen-bond acceptors (Lipinski definition) is 2. The summed E-state index contributed by atoms with van der Waals surface area (Å²) in [5, 5.41) is 8.32. The SMILES string of the molecule is O=C(N[C@H](NC(=S)c1cccc2ccccc12)C(Br)(Br)Br)c1ccccc1. The standard InChI is InChI=1S/C20H15Br3N2OS/c21-20(22,23)19(24-17(26)14-8-2-1-3-9-14)25-18(27)16-12-6-10-13-7-4-5-11-15(13)16/h1-12,19H,(H,24,26)(H,25,27)/t19-/m1/s1. The molecule has 0 saturated heterocycles. The predicted octanol–water partition coefficient (Wildman–Crippen LogP) is 5.70. The summed E-state index contributed by atoms with van der Waals surface area (Å²) in [6.07, 6.45) is -0.559. The minimum Gasteiger partial charge on any atom is -0.353 e. The van der Waals surface area contributed by atoms with Gasteiger partial charge in [-0.3, -0.25) is 4.79 Å². The third kappa shape index (κ3) is 5.16. The number of benzene rings is 3. The van der Waals surface area contributed by atoms with Crippen LogP contribution in [0.1, 0.15) is 15.9 Å². The topological polar surface area (TPSA) is 41.1 Å².